The predicted molar refractivity (Wildman–Crippen MR) is 95.7 cm³/mol. The topological polar surface area (TPSA) is 47.3 Å². The van der Waals surface area contributed by atoms with E-state index in [1.54, 1.807) is 23.1 Å². The number of rotatable bonds is 2. The van der Waals surface area contributed by atoms with E-state index < -0.39 is 11.7 Å². The van der Waals surface area contributed by atoms with Gasteiger partial charge in [-0.2, -0.15) is 18.4 Å². The van der Waals surface area contributed by atoms with Crippen LogP contribution in [0.3, 0.4) is 0 Å². The molecule has 1 amide bonds. The molecule has 0 unspecified atom stereocenters. The Kier molecular flexibility index (Phi) is 5.29. The lowest BCUT2D eigenvalue weighted by Crippen LogP contribution is -2.49. The van der Waals surface area contributed by atoms with Gasteiger partial charge < -0.3 is 9.80 Å². The van der Waals surface area contributed by atoms with Crippen LogP contribution in [0.4, 0.5) is 18.9 Å². The van der Waals surface area contributed by atoms with Crippen LogP contribution in [0.1, 0.15) is 21.5 Å². The number of alkyl halides is 3. The standard InChI is InChI=1S/C19H15ClF3N3O/c20-16-5-6-17(14(11-16)12-24)25-7-9-26(10-8-25)18(27)13-1-3-15(4-2-13)19(21,22)23/h1-6,11H,7-10H2. The summed E-state index contributed by atoms with van der Waals surface area (Å²) in [7, 11) is 0. The lowest BCUT2D eigenvalue weighted by molar-refractivity contribution is -0.137. The van der Waals surface area contributed by atoms with Crippen molar-refractivity contribution in [2.24, 2.45) is 0 Å². The molecule has 27 heavy (non-hydrogen) atoms. The first-order valence-corrected chi connectivity index (χ1v) is 8.58. The number of nitriles is 1. The van der Waals surface area contributed by atoms with Crippen molar-refractivity contribution in [2.45, 2.75) is 6.18 Å². The monoisotopic (exact) mass is 393 g/mol. The normalized spacial score (nSPS) is 14.8. The van der Waals surface area contributed by atoms with Gasteiger partial charge in [-0.1, -0.05) is 11.6 Å². The molecule has 0 aliphatic carbocycles. The maximum Gasteiger partial charge on any atom is 0.416 e. The number of carbonyl (C=O) groups excluding carboxylic acids is 1. The van der Waals surface area contributed by atoms with Gasteiger partial charge in [0.15, 0.2) is 0 Å². The molecule has 0 bridgehead atoms. The van der Waals surface area contributed by atoms with Crippen molar-refractivity contribution in [3.05, 3.63) is 64.2 Å². The first-order chi connectivity index (χ1) is 12.8. The van der Waals surface area contributed by atoms with Gasteiger partial charge in [0.1, 0.15) is 6.07 Å². The summed E-state index contributed by atoms with van der Waals surface area (Å²) in [5.41, 5.74) is 0.657. The lowest BCUT2D eigenvalue weighted by atomic mass is 10.1. The second-order valence-corrected chi connectivity index (χ2v) is 6.56. The Morgan fingerprint density at radius 2 is 1.67 bits per heavy atom. The van der Waals surface area contributed by atoms with Gasteiger partial charge in [0, 0.05) is 36.8 Å². The minimum absolute atomic E-state index is 0.223. The number of anilines is 1. The summed E-state index contributed by atoms with van der Waals surface area (Å²) in [6, 6.07) is 11.4. The molecule has 0 atom stereocenters. The minimum Gasteiger partial charge on any atom is -0.367 e. The van der Waals surface area contributed by atoms with E-state index in [1.807, 2.05) is 4.90 Å². The number of piperazine rings is 1. The molecule has 0 aromatic heterocycles. The molecule has 1 aliphatic rings. The molecule has 0 N–H and O–H groups in total. The zero-order valence-electron chi connectivity index (χ0n) is 14.1. The fourth-order valence-electron chi connectivity index (χ4n) is 3.01. The van der Waals surface area contributed by atoms with E-state index in [2.05, 4.69) is 6.07 Å². The molecule has 2 aromatic rings. The van der Waals surface area contributed by atoms with Crippen molar-refractivity contribution in [3.63, 3.8) is 0 Å². The van der Waals surface area contributed by atoms with E-state index in [0.29, 0.717) is 36.8 Å². The van der Waals surface area contributed by atoms with Gasteiger partial charge >= 0.3 is 6.18 Å². The number of carbonyl (C=O) groups is 1. The number of hydrogen-bond donors (Lipinski definition) is 0. The van der Waals surface area contributed by atoms with Crippen LogP contribution in [0, 0.1) is 11.3 Å². The molecule has 1 aliphatic heterocycles. The van der Waals surface area contributed by atoms with E-state index in [4.69, 9.17) is 11.6 Å². The van der Waals surface area contributed by atoms with Gasteiger partial charge in [0.2, 0.25) is 0 Å². The van der Waals surface area contributed by atoms with Gasteiger partial charge in [-0.05, 0) is 42.5 Å². The van der Waals surface area contributed by atoms with E-state index in [9.17, 15) is 23.2 Å². The average Bonchev–Trinajstić information content (AvgIpc) is 2.67. The molecule has 0 saturated carbocycles. The Morgan fingerprint density at radius 3 is 2.22 bits per heavy atom. The zero-order valence-corrected chi connectivity index (χ0v) is 14.9. The maximum absolute atomic E-state index is 12.6. The van der Waals surface area contributed by atoms with Gasteiger partial charge in [-0.25, -0.2) is 0 Å². The van der Waals surface area contributed by atoms with Gasteiger partial charge in [-0.15, -0.1) is 0 Å². The first-order valence-electron chi connectivity index (χ1n) is 8.21. The summed E-state index contributed by atoms with van der Waals surface area (Å²) >= 11 is 5.91. The Bertz CT molecular complexity index is 883. The third-order valence-electron chi connectivity index (χ3n) is 4.45. The molecule has 0 radical (unpaired) electrons. The van der Waals surface area contributed by atoms with Gasteiger partial charge in [0.05, 0.1) is 16.8 Å². The molecule has 4 nitrogen and oxygen atoms in total. The quantitative estimate of drug-likeness (QED) is 0.768. The number of amides is 1. The summed E-state index contributed by atoms with van der Waals surface area (Å²) in [5.74, 6) is -0.306. The van der Waals surface area contributed by atoms with E-state index in [0.717, 1.165) is 17.8 Å². The Balaban J connectivity index is 1.67. The van der Waals surface area contributed by atoms with Crippen LogP contribution in [0.25, 0.3) is 0 Å². The highest BCUT2D eigenvalue weighted by molar-refractivity contribution is 6.30. The van der Waals surface area contributed by atoms with Crippen molar-refractivity contribution >= 4 is 23.2 Å². The number of hydrogen-bond acceptors (Lipinski definition) is 3. The summed E-state index contributed by atoms with van der Waals surface area (Å²) < 4.78 is 37.9. The third kappa shape index (κ3) is 4.17. The lowest BCUT2D eigenvalue weighted by Gasteiger charge is -2.36. The Labute approximate surface area is 159 Å². The van der Waals surface area contributed by atoms with Crippen LogP contribution in [-0.4, -0.2) is 37.0 Å². The predicted octanol–water partition coefficient (Wildman–Crippen LogP) is 4.19. The second kappa shape index (κ2) is 7.49. The van der Waals surface area contributed by atoms with Crippen LogP contribution in [0.5, 0.6) is 0 Å². The van der Waals surface area contributed by atoms with Crippen LogP contribution in [0.2, 0.25) is 5.02 Å². The molecular formula is C19H15ClF3N3O. The zero-order chi connectivity index (χ0) is 19.6. The highest BCUT2D eigenvalue weighted by Crippen LogP contribution is 2.29. The van der Waals surface area contributed by atoms with Crippen molar-refractivity contribution in [2.75, 3.05) is 31.1 Å². The fraction of sp³-hybridized carbons (Fsp3) is 0.263. The summed E-state index contributed by atoms with van der Waals surface area (Å²) in [6.45, 7) is 1.85. The largest absolute Gasteiger partial charge is 0.416 e. The fourth-order valence-corrected chi connectivity index (χ4v) is 3.18. The molecule has 1 heterocycles. The molecule has 140 valence electrons. The van der Waals surface area contributed by atoms with Crippen molar-refractivity contribution < 1.29 is 18.0 Å². The van der Waals surface area contributed by atoms with E-state index >= 15 is 0 Å². The maximum atomic E-state index is 12.6. The summed E-state index contributed by atoms with van der Waals surface area (Å²) in [5, 5.41) is 9.74. The highest BCUT2D eigenvalue weighted by atomic mass is 35.5. The molecule has 8 heteroatoms. The average molecular weight is 394 g/mol. The molecular weight excluding hydrogens is 379 g/mol. The Hall–Kier alpha value is -2.72. The molecule has 2 aromatic carbocycles. The molecule has 1 fully saturated rings. The number of nitrogens with zero attached hydrogens (tertiary/aromatic N) is 3. The summed E-state index contributed by atoms with van der Waals surface area (Å²) in [4.78, 5) is 16.1. The SMILES string of the molecule is N#Cc1cc(Cl)ccc1N1CCN(C(=O)c2ccc(C(F)(F)F)cc2)CC1. The molecule has 0 spiro atoms. The highest BCUT2D eigenvalue weighted by Gasteiger charge is 2.31. The number of halogens is 4. The second-order valence-electron chi connectivity index (χ2n) is 6.13. The van der Waals surface area contributed by atoms with Gasteiger partial charge in [-0.3, -0.25) is 4.79 Å². The van der Waals surface area contributed by atoms with Crippen LogP contribution >= 0.6 is 11.6 Å². The Morgan fingerprint density at radius 1 is 1.04 bits per heavy atom. The molecule has 3 rings (SSSR count). The van der Waals surface area contributed by atoms with Crippen LogP contribution in [0.15, 0.2) is 42.5 Å². The first kappa shape index (κ1) is 19.1. The number of benzene rings is 2. The van der Waals surface area contributed by atoms with Crippen molar-refractivity contribution in [1.82, 2.24) is 4.90 Å². The van der Waals surface area contributed by atoms with Gasteiger partial charge in [0.25, 0.3) is 5.91 Å². The van der Waals surface area contributed by atoms with E-state index in [1.165, 1.54) is 12.1 Å². The minimum atomic E-state index is -4.43. The van der Waals surface area contributed by atoms with Crippen LogP contribution < -0.4 is 4.90 Å². The van der Waals surface area contributed by atoms with Crippen molar-refractivity contribution in [3.8, 4) is 6.07 Å². The van der Waals surface area contributed by atoms with E-state index in [-0.39, 0.29) is 11.5 Å². The van der Waals surface area contributed by atoms with Crippen LogP contribution in [-0.2, 0) is 6.18 Å². The smallest absolute Gasteiger partial charge is 0.367 e. The molecule has 1 saturated heterocycles. The third-order valence-corrected chi connectivity index (χ3v) is 4.68. The van der Waals surface area contributed by atoms with Crippen molar-refractivity contribution in [1.29, 1.82) is 5.26 Å². The summed E-state index contributed by atoms with van der Waals surface area (Å²) in [6.07, 6.45) is -4.43.